The normalized spacial score (nSPS) is 16.4. The molecule has 0 atom stereocenters. The lowest BCUT2D eigenvalue weighted by molar-refractivity contribution is 0.0168. The summed E-state index contributed by atoms with van der Waals surface area (Å²) in [7, 11) is 0. The maximum absolute atomic E-state index is 10.5. The first-order chi connectivity index (χ1) is 8.88. The molecule has 1 aromatic rings. The molecule has 18 heavy (non-hydrogen) atoms. The molecule has 4 nitrogen and oxygen atoms in total. The van der Waals surface area contributed by atoms with Crippen LogP contribution in [-0.4, -0.2) is 38.7 Å². The summed E-state index contributed by atoms with van der Waals surface area (Å²) in [5.74, 6) is 0.773. The van der Waals surface area contributed by atoms with Gasteiger partial charge in [0.05, 0.1) is 12.7 Å². The predicted octanol–water partition coefficient (Wildman–Crippen LogP) is 1.65. The fraction of sp³-hybridized carbons (Fsp3) is 0.500. The second-order valence-corrected chi connectivity index (χ2v) is 4.36. The Morgan fingerprint density at radius 1 is 1.17 bits per heavy atom. The second-order valence-electron chi connectivity index (χ2n) is 4.36. The summed E-state index contributed by atoms with van der Waals surface area (Å²) in [6, 6.07) is 7.09. The first-order valence-electron chi connectivity index (χ1n) is 6.39. The molecule has 0 spiro atoms. The Hall–Kier alpha value is -1.39. The van der Waals surface area contributed by atoms with Crippen molar-refractivity contribution in [1.82, 2.24) is 5.32 Å². The van der Waals surface area contributed by atoms with Crippen LogP contribution >= 0.6 is 0 Å². The van der Waals surface area contributed by atoms with Crippen LogP contribution in [0.3, 0.4) is 0 Å². The van der Waals surface area contributed by atoms with Crippen molar-refractivity contribution < 1.29 is 14.3 Å². The van der Waals surface area contributed by atoms with Crippen LogP contribution in [0.1, 0.15) is 23.2 Å². The molecular weight excluding hydrogens is 230 g/mol. The number of ether oxygens (including phenoxy) is 2. The summed E-state index contributed by atoms with van der Waals surface area (Å²) in [5, 5.41) is 3.30. The third kappa shape index (κ3) is 4.13. The third-order valence-electron chi connectivity index (χ3n) is 3.01. The highest BCUT2D eigenvalue weighted by molar-refractivity contribution is 5.74. The minimum Gasteiger partial charge on any atom is -0.491 e. The molecule has 1 heterocycles. The smallest absolute Gasteiger partial charge is 0.150 e. The van der Waals surface area contributed by atoms with Crippen LogP contribution in [0, 0.1) is 0 Å². The van der Waals surface area contributed by atoms with Crippen molar-refractivity contribution in [2.45, 2.75) is 18.9 Å². The molecule has 0 bridgehead atoms. The van der Waals surface area contributed by atoms with Crippen LogP contribution < -0.4 is 10.1 Å². The molecule has 0 unspecified atom stereocenters. The lowest BCUT2D eigenvalue weighted by Crippen LogP contribution is -2.33. The van der Waals surface area contributed by atoms with Crippen LogP contribution in [0.5, 0.6) is 5.75 Å². The van der Waals surface area contributed by atoms with Gasteiger partial charge in [0.15, 0.2) is 0 Å². The van der Waals surface area contributed by atoms with Crippen molar-refractivity contribution in [3.05, 3.63) is 29.8 Å². The molecule has 0 aliphatic carbocycles. The van der Waals surface area contributed by atoms with Crippen molar-refractivity contribution in [2.24, 2.45) is 0 Å². The average molecular weight is 249 g/mol. The number of carbonyl (C=O) groups excluding carboxylic acids is 1. The Morgan fingerprint density at radius 3 is 2.56 bits per heavy atom. The zero-order valence-electron chi connectivity index (χ0n) is 10.4. The topological polar surface area (TPSA) is 47.6 Å². The molecule has 1 saturated heterocycles. The van der Waals surface area contributed by atoms with E-state index < -0.39 is 0 Å². The largest absolute Gasteiger partial charge is 0.491 e. The summed E-state index contributed by atoms with van der Waals surface area (Å²) in [5.41, 5.74) is 0.660. The van der Waals surface area contributed by atoms with E-state index in [-0.39, 0.29) is 0 Å². The Kier molecular flexibility index (Phi) is 5.17. The van der Waals surface area contributed by atoms with Crippen LogP contribution in [0.4, 0.5) is 0 Å². The third-order valence-corrected chi connectivity index (χ3v) is 3.01. The van der Waals surface area contributed by atoms with E-state index in [1.165, 1.54) is 0 Å². The van der Waals surface area contributed by atoms with Crippen molar-refractivity contribution in [1.29, 1.82) is 0 Å². The lowest BCUT2D eigenvalue weighted by atomic mass is 10.1. The summed E-state index contributed by atoms with van der Waals surface area (Å²) in [4.78, 5) is 10.5. The highest BCUT2D eigenvalue weighted by Gasteiger charge is 2.12. The van der Waals surface area contributed by atoms with E-state index >= 15 is 0 Å². The minimum atomic E-state index is 0.368. The maximum Gasteiger partial charge on any atom is 0.150 e. The number of benzene rings is 1. The van der Waals surface area contributed by atoms with E-state index in [0.29, 0.717) is 24.9 Å². The van der Waals surface area contributed by atoms with Gasteiger partial charge in [-0.1, -0.05) is 0 Å². The number of piperidine rings is 1. The van der Waals surface area contributed by atoms with Crippen molar-refractivity contribution in [3.63, 3.8) is 0 Å². The molecule has 0 radical (unpaired) electrons. The predicted molar refractivity (Wildman–Crippen MR) is 69.2 cm³/mol. The first-order valence-corrected chi connectivity index (χ1v) is 6.39. The van der Waals surface area contributed by atoms with Crippen molar-refractivity contribution >= 4 is 6.29 Å². The highest BCUT2D eigenvalue weighted by atomic mass is 16.5. The molecule has 0 amide bonds. The van der Waals surface area contributed by atoms with Gasteiger partial charge >= 0.3 is 0 Å². The molecule has 0 saturated carbocycles. The standard InChI is InChI=1S/C14H19NO3/c16-11-12-1-3-13(4-2-12)17-9-10-18-14-5-7-15-8-6-14/h1-4,11,14-15H,5-10H2. The number of hydrogen-bond donors (Lipinski definition) is 1. The van der Waals surface area contributed by atoms with Crippen LogP contribution in [0.2, 0.25) is 0 Å². The van der Waals surface area contributed by atoms with Gasteiger partial charge in [-0.15, -0.1) is 0 Å². The fourth-order valence-corrected chi connectivity index (χ4v) is 1.98. The van der Waals surface area contributed by atoms with E-state index in [9.17, 15) is 4.79 Å². The lowest BCUT2D eigenvalue weighted by Gasteiger charge is -2.22. The van der Waals surface area contributed by atoms with Gasteiger partial charge in [0.1, 0.15) is 18.6 Å². The van der Waals surface area contributed by atoms with Crippen LogP contribution in [0.25, 0.3) is 0 Å². The van der Waals surface area contributed by atoms with E-state index in [1.807, 2.05) is 0 Å². The fourth-order valence-electron chi connectivity index (χ4n) is 1.98. The molecule has 98 valence electrons. The van der Waals surface area contributed by atoms with Crippen molar-refractivity contribution in [3.8, 4) is 5.75 Å². The molecule has 1 N–H and O–H groups in total. The summed E-state index contributed by atoms with van der Waals surface area (Å²) in [6.07, 6.45) is 3.35. The quantitative estimate of drug-likeness (QED) is 0.615. The Labute approximate surface area is 107 Å². The summed E-state index contributed by atoms with van der Waals surface area (Å²) < 4.78 is 11.3. The zero-order chi connectivity index (χ0) is 12.6. The Balaban J connectivity index is 1.63. The minimum absolute atomic E-state index is 0.368. The first kappa shape index (κ1) is 13.1. The van der Waals surface area contributed by atoms with Gasteiger partial charge in [0.2, 0.25) is 0 Å². The molecule has 1 aliphatic rings. The van der Waals surface area contributed by atoms with Crippen molar-refractivity contribution in [2.75, 3.05) is 26.3 Å². The van der Waals surface area contributed by atoms with Crippen LogP contribution in [-0.2, 0) is 4.74 Å². The van der Waals surface area contributed by atoms with E-state index in [2.05, 4.69) is 5.32 Å². The number of rotatable bonds is 6. The van der Waals surface area contributed by atoms with Crippen LogP contribution in [0.15, 0.2) is 24.3 Å². The van der Waals surface area contributed by atoms with E-state index in [0.717, 1.165) is 38.0 Å². The molecule has 1 aromatic carbocycles. The van der Waals surface area contributed by atoms with Gasteiger partial charge < -0.3 is 14.8 Å². The number of nitrogens with one attached hydrogen (secondary N) is 1. The molecule has 2 rings (SSSR count). The monoisotopic (exact) mass is 249 g/mol. The average Bonchev–Trinajstić information content (AvgIpc) is 2.45. The molecule has 4 heteroatoms. The SMILES string of the molecule is O=Cc1ccc(OCCOC2CCNCC2)cc1. The summed E-state index contributed by atoms with van der Waals surface area (Å²) in [6.45, 7) is 3.24. The summed E-state index contributed by atoms with van der Waals surface area (Å²) >= 11 is 0. The van der Waals surface area contributed by atoms with E-state index in [1.54, 1.807) is 24.3 Å². The number of hydrogen-bond acceptors (Lipinski definition) is 4. The molecule has 1 aliphatic heterocycles. The molecular formula is C14H19NO3. The Bertz CT molecular complexity index is 358. The van der Waals surface area contributed by atoms with Gasteiger partial charge in [0, 0.05) is 5.56 Å². The van der Waals surface area contributed by atoms with Gasteiger partial charge in [-0.3, -0.25) is 4.79 Å². The zero-order valence-corrected chi connectivity index (χ0v) is 10.4. The second kappa shape index (κ2) is 7.13. The van der Waals surface area contributed by atoms with Gasteiger partial charge in [-0.25, -0.2) is 0 Å². The van der Waals surface area contributed by atoms with E-state index in [4.69, 9.17) is 9.47 Å². The van der Waals surface area contributed by atoms with Gasteiger partial charge in [0.25, 0.3) is 0 Å². The maximum atomic E-state index is 10.5. The molecule has 0 aromatic heterocycles. The number of carbonyl (C=O) groups is 1. The van der Waals surface area contributed by atoms with Gasteiger partial charge in [-0.05, 0) is 50.2 Å². The molecule has 1 fully saturated rings. The number of aldehydes is 1. The Morgan fingerprint density at radius 2 is 1.89 bits per heavy atom. The highest BCUT2D eigenvalue weighted by Crippen LogP contribution is 2.11. The van der Waals surface area contributed by atoms with Gasteiger partial charge in [-0.2, -0.15) is 0 Å².